The molecule has 0 spiro atoms. The summed E-state index contributed by atoms with van der Waals surface area (Å²) in [6.07, 6.45) is 0.908. The first kappa shape index (κ1) is 27.4. The molecule has 0 aliphatic carbocycles. The number of carbonyl (C=O) groups is 1. The van der Waals surface area contributed by atoms with Crippen molar-refractivity contribution in [2.75, 3.05) is 6.54 Å². The van der Waals surface area contributed by atoms with E-state index in [9.17, 15) is 9.18 Å². The van der Waals surface area contributed by atoms with Gasteiger partial charge in [0.1, 0.15) is 16.5 Å². The number of hydrogen-bond acceptors (Lipinski definition) is 4. The van der Waals surface area contributed by atoms with E-state index in [-0.39, 0.29) is 17.6 Å². The Morgan fingerprint density at radius 2 is 1.38 bits per heavy atom. The lowest BCUT2D eigenvalue weighted by atomic mass is 9.88. The summed E-state index contributed by atoms with van der Waals surface area (Å²) in [5.41, 5.74) is 5.08. The Bertz CT molecular complexity index is 1430. The normalized spacial score (nSPS) is 11.2. The van der Waals surface area contributed by atoms with Crippen LogP contribution in [0.5, 0.6) is 0 Å². The van der Waals surface area contributed by atoms with Crippen LogP contribution in [0.2, 0.25) is 0 Å². The van der Waals surface area contributed by atoms with Crippen LogP contribution in [0.4, 0.5) is 4.39 Å². The van der Waals surface area contributed by atoms with Gasteiger partial charge in [0.15, 0.2) is 0 Å². The topological polar surface area (TPSA) is 45.2 Å². The Balaban J connectivity index is 1.30. The van der Waals surface area contributed by atoms with Gasteiger partial charge in [-0.2, -0.15) is 0 Å². The highest BCUT2D eigenvalue weighted by atomic mass is 32.1. The summed E-state index contributed by atoms with van der Waals surface area (Å²) < 4.78 is 13.6. The molecule has 1 heterocycles. The van der Waals surface area contributed by atoms with Crippen LogP contribution in [0.1, 0.15) is 50.1 Å². The molecule has 1 N–H and O–H groups in total. The molecule has 0 aliphatic rings. The number of amides is 1. The lowest BCUT2D eigenvalue weighted by Gasteiger charge is -2.25. The maximum absolute atomic E-state index is 13.6. The smallest absolute Gasteiger partial charge is 0.271 e. The molecule has 0 saturated carbocycles. The number of nitrogens with zero attached hydrogens (tertiary/aromatic N) is 2. The Labute approximate surface area is 239 Å². The number of hydrogen-bond donors (Lipinski definition) is 1. The van der Waals surface area contributed by atoms with Gasteiger partial charge in [0.2, 0.25) is 0 Å². The first-order valence-corrected chi connectivity index (χ1v) is 14.4. The molecule has 1 aromatic heterocycles. The summed E-state index contributed by atoms with van der Waals surface area (Å²) in [6.45, 7) is 2.53. The molecule has 0 fully saturated rings. The Kier molecular flexibility index (Phi) is 9.46. The van der Waals surface area contributed by atoms with E-state index in [0.29, 0.717) is 25.3 Å². The summed E-state index contributed by atoms with van der Waals surface area (Å²) in [5.74, 6) is -0.173. The van der Waals surface area contributed by atoms with Crippen molar-refractivity contribution < 1.29 is 9.18 Å². The van der Waals surface area contributed by atoms with Crippen molar-refractivity contribution in [1.82, 2.24) is 15.2 Å². The number of nitrogens with one attached hydrogen (secondary N) is 1. The van der Waals surface area contributed by atoms with E-state index in [2.05, 4.69) is 63.7 Å². The van der Waals surface area contributed by atoms with Gasteiger partial charge in [0.25, 0.3) is 5.91 Å². The fraction of sp³-hybridized carbons (Fsp3) is 0.176. The second kappa shape index (κ2) is 13.8. The first-order valence-electron chi connectivity index (χ1n) is 13.5. The fourth-order valence-electron chi connectivity index (χ4n) is 4.82. The predicted molar refractivity (Wildman–Crippen MR) is 160 cm³/mol. The third-order valence-electron chi connectivity index (χ3n) is 6.90. The van der Waals surface area contributed by atoms with Gasteiger partial charge < -0.3 is 5.32 Å². The van der Waals surface area contributed by atoms with Crippen LogP contribution in [0, 0.1) is 5.82 Å². The van der Waals surface area contributed by atoms with E-state index in [4.69, 9.17) is 0 Å². The number of thiazole rings is 1. The predicted octanol–water partition coefficient (Wildman–Crippen LogP) is 7.44. The summed E-state index contributed by atoms with van der Waals surface area (Å²) in [5, 5.41) is 5.66. The zero-order valence-electron chi connectivity index (χ0n) is 22.2. The maximum atomic E-state index is 13.6. The van der Waals surface area contributed by atoms with E-state index in [0.717, 1.165) is 29.1 Å². The summed E-state index contributed by atoms with van der Waals surface area (Å²) in [7, 11) is 0. The highest BCUT2D eigenvalue weighted by Crippen LogP contribution is 2.29. The van der Waals surface area contributed by atoms with Gasteiger partial charge in [-0.15, -0.1) is 11.3 Å². The zero-order chi connectivity index (χ0) is 27.6. The maximum Gasteiger partial charge on any atom is 0.271 e. The van der Waals surface area contributed by atoms with E-state index >= 15 is 0 Å². The molecule has 0 unspecified atom stereocenters. The van der Waals surface area contributed by atoms with E-state index in [1.807, 2.05) is 60.0 Å². The van der Waals surface area contributed by atoms with Gasteiger partial charge >= 0.3 is 0 Å². The van der Waals surface area contributed by atoms with Gasteiger partial charge in [0, 0.05) is 24.4 Å². The lowest BCUT2D eigenvalue weighted by molar-refractivity contribution is 0.0946. The van der Waals surface area contributed by atoms with Crippen molar-refractivity contribution in [2.24, 2.45) is 0 Å². The third kappa shape index (κ3) is 7.72. The van der Waals surface area contributed by atoms with Crippen molar-refractivity contribution in [3.63, 3.8) is 0 Å². The second-order valence-electron chi connectivity index (χ2n) is 9.79. The summed E-state index contributed by atoms with van der Waals surface area (Å²) in [6, 6.07) is 37.7. The molecule has 0 radical (unpaired) electrons. The number of benzene rings is 4. The minimum atomic E-state index is -0.241. The van der Waals surface area contributed by atoms with Crippen molar-refractivity contribution in [2.45, 2.75) is 32.0 Å². The number of rotatable bonds is 12. The minimum Gasteiger partial charge on any atom is -0.347 e. The number of halogens is 1. The molecule has 5 aromatic rings. The molecule has 202 valence electrons. The highest BCUT2D eigenvalue weighted by molar-refractivity contribution is 7.09. The molecule has 0 bridgehead atoms. The molecule has 4 nitrogen and oxygen atoms in total. The quantitative estimate of drug-likeness (QED) is 0.176. The molecule has 5 rings (SSSR count). The third-order valence-corrected chi connectivity index (χ3v) is 7.73. The molecule has 4 aromatic carbocycles. The van der Waals surface area contributed by atoms with Crippen molar-refractivity contribution in [3.05, 3.63) is 159 Å². The van der Waals surface area contributed by atoms with Crippen LogP contribution >= 0.6 is 11.3 Å². The molecule has 6 heteroatoms. The van der Waals surface area contributed by atoms with Gasteiger partial charge in [-0.1, -0.05) is 103 Å². The van der Waals surface area contributed by atoms with Crippen LogP contribution in [-0.4, -0.2) is 22.3 Å². The van der Waals surface area contributed by atoms with Gasteiger partial charge in [-0.25, -0.2) is 9.37 Å². The Morgan fingerprint density at radius 3 is 2.00 bits per heavy atom. The minimum absolute atomic E-state index is 0.176. The second-order valence-corrected chi connectivity index (χ2v) is 10.7. The molecular formula is C34H32FN3OS. The average molecular weight is 550 g/mol. The van der Waals surface area contributed by atoms with Crippen LogP contribution in [-0.2, 0) is 19.6 Å². The van der Waals surface area contributed by atoms with E-state index in [1.165, 1.54) is 34.6 Å². The van der Waals surface area contributed by atoms with Crippen molar-refractivity contribution >= 4 is 17.2 Å². The Morgan fingerprint density at radius 1 is 0.775 bits per heavy atom. The van der Waals surface area contributed by atoms with Crippen LogP contribution < -0.4 is 5.32 Å². The monoisotopic (exact) mass is 549 g/mol. The Hall–Kier alpha value is -4.13. The fourth-order valence-corrected chi connectivity index (χ4v) is 5.63. The van der Waals surface area contributed by atoms with Gasteiger partial charge in [-0.05, 0) is 47.4 Å². The largest absolute Gasteiger partial charge is 0.347 e. The summed E-state index contributed by atoms with van der Waals surface area (Å²) >= 11 is 1.49. The molecule has 0 atom stereocenters. The summed E-state index contributed by atoms with van der Waals surface area (Å²) in [4.78, 5) is 19.7. The van der Waals surface area contributed by atoms with Crippen LogP contribution in [0.25, 0.3) is 0 Å². The average Bonchev–Trinajstić information content (AvgIpc) is 3.47. The van der Waals surface area contributed by atoms with Gasteiger partial charge in [0.05, 0.1) is 6.54 Å². The highest BCUT2D eigenvalue weighted by Gasteiger charge is 2.18. The molecular weight excluding hydrogens is 517 g/mol. The molecule has 0 saturated heterocycles. The molecule has 1 amide bonds. The van der Waals surface area contributed by atoms with E-state index < -0.39 is 0 Å². The standard InChI is InChI=1S/C34H32FN3OS/c35-30-18-16-27(17-19-30)23-38(21-20-31(28-12-6-2-7-13-28)29-14-8-3-9-15-29)24-33-37-32(25-40-33)34(39)36-22-26-10-4-1-5-11-26/h1-19,25,31H,20-24H2,(H,36,39). The van der Waals surface area contributed by atoms with Crippen molar-refractivity contribution in [3.8, 4) is 0 Å². The van der Waals surface area contributed by atoms with Crippen LogP contribution in [0.3, 0.4) is 0 Å². The van der Waals surface area contributed by atoms with Crippen molar-refractivity contribution in [1.29, 1.82) is 0 Å². The number of carbonyl (C=O) groups excluding carboxylic acids is 1. The molecule has 40 heavy (non-hydrogen) atoms. The first-order chi connectivity index (χ1) is 19.6. The zero-order valence-corrected chi connectivity index (χ0v) is 23.1. The lowest BCUT2D eigenvalue weighted by Crippen LogP contribution is -2.26. The van der Waals surface area contributed by atoms with Crippen LogP contribution in [0.15, 0.2) is 121 Å². The van der Waals surface area contributed by atoms with E-state index in [1.54, 1.807) is 0 Å². The SMILES string of the molecule is O=C(NCc1ccccc1)c1csc(CN(CCC(c2ccccc2)c2ccccc2)Cc2ccc(F)cc2)n1. The number of aromatic nitrogens is 1. The van der Waals surface area contributed by atoms with Gasteiger partial charge in [-0.3, -0.25) is 9.69 Å². The molecule has 0 aliphatic heterocycles.